The van der Waals surface area contributed by atoms with Crippen molar-refractivity contribution in [1.82, 2.24) is 19.6 Å². The predicted molar refractivity (Wildman–Crippen MR) is 70.5 cm³/mol. The Kier molecular flexibility index (Phi) is 2.92. The van der Waals surface area contributed by atoms with E-state index in [-0.39, 0.29) is 10.6 Å². The second-order valence-corrected chi connectivity index (χ2v) is 6.38. The molecular formula is C11H14N4O3S. The van der Waals surface area contributed by atoms with Crippen LogP contribution in [0, 0.1) is 0 Å². The highest BCUT2D eigenvalue weighted by Crippen LogP contribution is 2.19. The SMILES string of the molecule is O=c1[nH]c2ccc(S(=O)(=O)N3CCNCC3)cc2[nH]1. The molecule has 3 N–H and O–H groups in total. The maximum atomic E-state index is 12.4. The van der Waals surface area contributed by atoms with Crippen LogP contribution in [-0.2, 0) is 10.0 Å². The fourth-order valence-corrected chi connectivity index (χ4v) is 3.67. The summed E-state index contributed by atoms with van der Waals surface area (Å²) in [4.78, 5) is 16.5. The van der Waals surface area contributed by atoms with Gasteiger partial charge in [0.15, 0.2) is 0 Å². The molecule has 0 radical (unpaired) electrons. The van der Waals surface area contributed by atoms with Crippen LogP contribution in [0.2, 0.25) is 0 Å². The number of piperazine rings is 1. The van der Waals surface area contributed by atoms with Crippen LogP contribution >= 0.6 is 0 Å². The molecule has 1 saturated heterocycles. The molecule has 1 aromatic carbocycles. The van der Waals surface area contributed by atoms with Gasteiger partial charge in [-0.3, -0.25) is 0 Å². The molecular weight excluding hydrogens is 268 g/mol. The van der Waals surface area contributed by atoms with Crippen LogP contribution in [0.15, 0.2) is 27.9 Å². The third kappa shape index (κ3) is 2.18. The summed E-state index contributed by atoms with van der Waals surface area (Å²) in [5, 5.41) is 3.11. The first kappa shape index (κ1) is 12.4. The highest BCUT2D eigenvalue weighted by molar-refractivity contribution is 7.89. The molecule has 1 fully saturated rings. The fourth-order valence-electron chi connectivity index (χ4n) is 2.21. The number of hydrogen-bond donors (Lipinski definition) is 3. The van der Waals surface area contributed by atoms with Crippen LogP contribution in [-0.4, -0.2) is 48.9 Å². The Hall–Kier alpha value is -1.64. The smallest absolute Gasteiger partial charge is 0.314 e. The van der Waals surface area contributed by atoms with Crippen molar-refractivity contribution in [2.24, 2.45) is 0 Å². The Bertz CT molecular complexity index is 756. The third-order valence-corrected chi connectivity index (χ3v) is 5.10. The third-order valence-electron chi connectivity index (χ3n) is 3.20. The molecule has 7 nitrogen and oxygen atoms in total. The first-order valence-electron chi connectivity index (χ1n) is 6.00. The van der Waals surface area contributed by atoms with Crippen molar-refractivity contribution in [2.45, 2.75) is 4.90 Å². The number of hydrogen-bond acceptors (Lipinski definition) is 4. The van der Waals surface area contributed by atoms with Crippen LogP contribution in [0.25, 0.3) is 11.0 Å². The number of H-pyrrole nitrogens is 2. The fraction of sp³-hybridized carbons (Fsp3) is 0.364. The van der Waals surface area contributed by atoms with Crippen LogP contribution in [0.5, 0.6) is 0 Å². The van der Waals surface area contributed by atoms with Crippen LogP contribution in [0.1, 0.15) is 0 Å². The second kappa shape index (κ2) is 4.48. The Balaban J connectivity index is 2.04. The number of nitrogens with zero attached hydrogens (tertiary/aromatic N) is 1. The molecule has 0 bridgehead atoms. The number of sulfonamides is 1. The van der Waals surface area contributed by atoms with E-state index in [0.29, 0.717) is 37.2 Å². The van der Waals surface area contributed by atoms with E-state index in [1.807, 2.05) is 0 Å². The van der Waals surface area contributed by atoms with E-state index in [2.05, 4.69) is 15.3 Å². The molecule has 102 valence electrons. The van der Waals surface area contributed by atoms with Gasteiger partial charge < -0.3 is 15.3 Å². The highest BCUT2D eigenvalue weighted by atomic mass is 32.2. The van der Waals surface area contributed by atoms with Crippen molar-refractivity contribution in [3.63, 3.8) is 0 Å². The van der Waals surface area contributed by atoms with E-state index in [0.717, 1.165) is 0 Å². The molecule has 3 rings (SSSR count). The summed E-state index contributed by atoms with van der Waals surface area (Å²) in [6.07, 6.45) is 0. The van der Waals surface area contributed by atoms with E-state index in [1.165, 1.54) is 16.4 Å². The highest BCUT2D eigenvalue weighted by Gasteiger charge is 2.26. The van der Waals surface area contributed by atoms with E-state index in [4.69, 9.17) is 0 Å². The van der Waals surface area contributed by atoms with Gasteiger partial charge in [0, 0.05) is 26.2 Å². The van der Waals surface area contributed by atoms with Gasteiger partial charge in [0.25, 0.3) is 0 Å². The number of benzene rings is 1. The molecule has 2 aromatic rings. The zero-order valence-corrected chi connectivity index (χ0v) is 11.0. The molecule has 0 aliphatic carbocycles. The average Bonchev–Trinajstić information content (AvgIpc) is 2.78. The summed E-state index contributed by atoms with van der Waals surface area (Å²) in [6, 6.07) is 4.61. The number of nitrogens with one attached hydrogen (secondary N) is 3. The Labute approximate surface area is 109 Å². The van der Waals surface area contributed by atoms with Gasteiger partial charge in [0.05, 0.1) is 15.9 Å². The standard InChI is InChI=1S/C11H14N4O3S/c16-11-13-9-2-1-8(7-10(9)14-11)19(17,18)15-5-3-12-4-6-15/h1-2,7,12H,3-6H2,(H2,13,14,16). The largest absolute Gasteiger partial charge is 0.323 e. The van der Waals surface area contributed by atoms with Gasteiger partial charge in [-0.05, 0) is 18.2 Å². The summed E-state index contributed by atoms with van der Waals surface area (Å²) in [6.45, 7) is 2.24. The summed E-state index contributed by atoms with van der Waals surface area (Å²) in [7, 11) is -3.49. The minimum atomic E-state index is -3.49. The van der Waals surface area contributed by atoms with E-state index in [9.17, 15) is 13.2 Å². The molecule has 2 heterocycles. The lowest BCUT2D eigenvalue weighted by Gasteiger charge is -2.26. The van der Waals surface area contributed by atoms with Crippen LogP contribution in [0.3, 0.4) is 0 Å². The molecule has 1 aliphatic rings. The maximum Gasteiger partial charge on any atom is 0.323 e. The average molecular weight is 282 g/mol. The van der Waals surface area contributed by atoms with Gasteiger partial charge in [0.2, 0.25) is 10.0 Å². The molecule has 1 aromatic heterocycles. The molecule has 8 heteroatoms. The molecule has 0 spiro atoms. The van der Waals surface area contributed by atoms with Gasteiger partial charge in [-0.15, -0.1) is 0 Å². The summed E-state index contributed by atoms with van der Waals surface area (Å²) in [5.74, 6) is 0. The number of aromatic amines is 2. The van der Waals surface area contributed by atoms with Crippen molar-refractivity contribution in [1.29, 1.82) is 0 Å². The van der Waals surface area contributed by atoms with Gasteiger partial charge >= 0.3 is 5.69 Å². The van der Waals surface area contributed by atoms with Crippen molar-refractivity contribution in [3.05, 3.63) is 28.7 Å². The number of imidazole rings is 1. The lowest BCUT2D eigenvalue weighted by Crippen LogP contribution is -2.46. The Morgan fingerprint density at radius 2 is 1.74 bits per heavy atom. The Morgan fingerprint density at radius 3 is 2.47 bits per heavy atom. The molecule has 1 aliphatic heterocycles. The minimum Gasteiger partial charge on any atom is -0.314 e. The van der Waals surface area contributed by atoms with E-state index >= 15 is 0 Å². The zero-order chi connectivity index (χ0) is 13.5. The zero-order valence-electron chi connectivity index (χ0n) is 10.1. The van der Waals surface area contributed by atoms with Gasteiger partial charge in [-0.1, -0.05) is 0 Å². The molecule has 0 unspecified atom stereocenters. The second-order valence-electron chi connectivity index (χ2n) is 4.44. The molecule has 0 amide bonds. The van der Waals surface area contributed by atoms with Crippen molar-refractivity contribution >= 4 is 21.1 Å². The number of fused-ring (bicyclic) bond motifs is 1. The van der Waals surface area contributed by atoms with Crippen molar-refractivity contribution in [3.8, 4) is 0 Å². The molecule has 0 atom stereocenters. The number of rotatable bonds is 2. The Morgan fingerprint density at radius 1 is 1.05 bits per heavy atom. The predicted octanol–water partition coefficient (Wildman–Crippen LogP) is -0.550. The van der Waals surface area contributed by atoms with Crippen LogP contribution < -0.4 is 11.0 Å². The first-order valence-corrected chi connectivity index (χ1v) is 7.44. The van der Waals surface area contributed by atoms with E-state index in [1.54, 1.807) is 6.07 Å². The molecule has 0 saturated carbocycles. The quantitative estimate of drug-likeness (QED) is 0.688. The van der Waals surface area contributed by atoms with Crippen molar-refractivity contribution in [2.75, 3.05) is 26.2 Å². The van der Waals surface area contributed by atoms with Gasteiger partial charge in [0.1, 0.15) is 0 Å². The maximum absolute atomic E-state index is 12.4. The monoisotopic (exact) mass is 282 g/mol. The van der Waals surface area contributed by atoms with Gasteiger partial charge in [-0.2, -0.15) is 4.31 Å². The van der Waals surface area contributed by atoms with E-state index < -0.39 is 10.0 Å². The molecule has 19 heavy (non-hydrogen) atoms. The van der Waals surface area contributed by atoms with Crippen LogP contribution in [0.4, 0.5) is 0 Å². The normalized spacial score (nSPS) is 17.9. The summed E-state index contributed by atoms with van der Waals surface area (Å²) in [5.41, 5.74) is 0.761. The van der Waals surface area contributed by atoms with Crippen molar-refractivity contribution < 1.29 is 8.42 Å². The lowest BCUT2D eigenvalue weighted by molar-refractivity contribution is 0.360. The first-order chi connectivity index (χ1) is 9.07. The summed E-state index contributed by atoms with van der Waals surface area (Å²) < 4.78 is 26.3. The topological polar surface area (TPSA) is 98.1 Å². The van der Waals surface area contributed by atoms with Gasteiger partial charge in [-0.25, -0.2) is 13.2 Å². The number of aromatic nitrogens is 2. The summed E-state index contributed by atoms with van der Waals surface area (Å²) >= 11 is 0. The lowest BCUT2D eigenvalue weighted by atomic mass is 10.3. The minimum absolute atomic E-state index is 0.206.